The Bertz CT molecular complexity index is 278. The summed E-state index contributed by atoms with van der Waals surface area (Å²) in [7, 11) is 1.82. The van der Waals surface area contributed by atoms with E-state index < -0.39 is 0 Å². The summed E-state index contributed by atoms with van der Waals surface area (Å²) in [6.45, 7) is 4.18. The second-order valence-electron chi connectivity index (χ2n) is 3.21. The van der Waals surface area contributed by atoms with E-state index in [-0.39, 0.29) is 6.10 Å². The van der Waals surface area contributed by atoms with Crippen molar-refractivity contribution in [2.45, 2.75) is 32.8 Å². The van der Waals surface area contributed by atoms with Crippen molar-refractivity contribution >= 4 is 5.82 Å². The summed E-state index contributed by atoms with van der Waals surface area (Å²) >= 11 is 0. The number of ether oxygens (including phenoxy) is 1. The third-order valence-electron chi connectivity index (χ3n) is 1.92. The molecule has 1 N–H and O–H groups in total. The first-order valence-electron chi connectivity index (χ1n) is 4.92. The Morgan fingerprint density at radius 2 is 2.29 bits per heavy atom. The molecule has 4 heteroatoms. The van der Waals surface area contributed by atoms with Crippen molar-refractivity contribution in [3.8, 4) is 5.88 Å². The zero-order valence-electron chi connectivity index (χ0n) is 8.95. The van der Waals surface area contributed by atoms with Crippen LogP contribution in [0.2, 0.25) is 0 Å². The fourth-order valence-electron chi connectivity index (χ4n) is 1.21. The Kier molecular flexibility index (Phi) is 4.16. The van der Waals surface area contributed by atoms with Gasteiger partial charge in [0.25, 0.3) is 0 Å². The van der Waals surface area contributed by atoms with Gasteiger partial charge in [0.15, 0.2) is 0 Å². The Hall–Kier alpha value is -1.32. The van der Waals surface area contributed by atoms with Crippen molar-refractivity contribution in [3.05, 3.63) is 12.4 Å². The van der Waals surface area contributed by atoms with Gasteiger partial charge in [0, 0.05) is 13.1 Å². The molecule has 1 heterocycles. The van der Waals surface area contributed by atoms with E-state index >= 15 is 0 Å². The van der Waals surface area contributed by atoms with Crippen LogP contribution in [-0.2, 0) is 0 Å². The third-order valence-corrected chi connectivity index (χ3v) is 1.92. The highest BCUT2D eigenvalue weighted by Gasteiger charge is 2.04. The Morgan fingerprint density at radius 1 is 1.50 bits per heavy atom. The van der Waals surface area contributed by atoms with Crippen molar-refractivity contribution in [2.75, 3.05) is 12.4 Å². The quantitative estimate of drug-likeness (QED) is 0.781. The molecule has 1 unspecified atom stereocenters. The van der Waals surface area contributed by atoms with Crippen molar-refractivity contribution < 1.29 is 4.74 Å². The molecule has 0 aliphatic rings. The zero-order valence-corrected chi connectivity index (χ0v) is 8.95. The minimum Gasteiger partial charge on any atom is -0.475 e. The maximum Gasteiger partial charge on any atom is 0.218 e. The van der Waals surface area contributed by atoms with Crippen LogP contribution in [0.5, 0.6) is 5.88 Å². The SMILES string of the molecule is CCCC(C)Oc1cc(NC)ncn1. The monoisotopic (exact) mass is 195 g/mol. The van der Waals surface area contributed by atoms with Crippen LogP contribution in [0, 0.1) is 0 Å². The van der Waals surface area contributed by atoms with Crippen molar-refractivity contribution in [1.29, 1.82) is 0 Å². The summed E-state index contributed by atoms with van der Waals surface area (Å²) < 4.78 is 5.61. The smallest absolute Gasteiger partial charge is 0.218 e. The lowest BCUT2D eigenvalue weighted by atomic mass is 10.2. The molecule has 1 atom stereocenters. The van der Waals surface area contributed by atoms with Gasteiger partial charge in [0.2, 0.25) is 5.88 Å². The van der Waals surface area contributed by atoms with Crippen LogP contribution in [-0.4, -0.2) is 23.1 Å². The molecule has 0 aliphatic carbocycles. The molecule has 0 aliphatic heterocycles. The zero-order chi connectivity index (χ0) is 10.4. The highest BCUT2D eigenvalue weighted by Crippen LogP contribution is 2.13. The maximum absolute atomic E-state index is 5.61. The number of hydrogen-bond acceptors (Lipinski definition) is 4. The Labute approximate surface area is 84.7 Å². The van der Waals surface area contributed by atoms with Gasteiger partial charge in [-0.1, -0.05) is 13.3 Å². The summed E-state index contributed by atoms with van der Waals surface area (Å²) in [5.41, 5.74) is 0. The van der Waals surface area contributed by atoms with Gasteiger partial charge >= 0.3 is 0 Å². The first kappa shape index (κ1) is 10.8. The van der Waals surface area contributed by atoms with Gasteiger partial charge in [-0.05, 0) is 13.3 Å². The minimum absolute atomic E-state index is 0.208. The number of anilines is 1. The molecule has 78 valence electrons. The Morgan fingerprint density at radius 3 is 2.93 bits per heavy atom. The molecule has 0 fully saturated rings. The van der Waals surface area contributed by atoms with Gasteiger partial charge in [-0.25, -0.2) is 9.97 Å². The van der Waals surface area contributed by atoms with Crippen molar-refractivity contribution in [1.82, 2.24) is 9.97 Å². The van der Waals surface area contributed by atoms with Gasteiger partial charge < -0.3 is 10.1 Å². The molecule has 0 saturated carbocycles. The van der Waals surface area contributed by atoms with E-state index in [2.05, 4.69) is 22.2 Å². The van der Waals surface area contributed by atoms with E-state index in [1.54, 1.807) is 6.07 Å². The van der Waals surface area contributed by atoms with Crippen molar-refractivity contribution in [3.63, 3.8) is 0 Å². The maximum atomic E-state index is 5.61. The second-order valence-corrected chi connectivity index (χ2v) is 3.21. The fourth-order valence-corrected chi connectivity index (χ4v) is 1.21. The van der Waals surface area contributed by atoms with E-state index in [1.165, 1.54) is 6.33 Å². The summed E-state index contributed by atoms with van der Waals surface area (Å²) in [6, 6.07) is 1.80. The van der Waals surface area contributed by atoms with E-state index in [0.29, 0.717) is 5.88 Å². The average Bonchev–Trinajstić information content (AvgIpc) is 2.18. The van der Waals surface area contributed by atoms with Gasteiger partial charge in [-0.2, -0.15) is 0 Å². The van der Waals surface area contributed by atoms with E-state index in [0.717, 1.165) is 18.7 Å². The first-order valence-corrected chi connectivity index (χ1v) is 4.92. The molecule has 0 aromatic carbocycles. The summed E-state index contributed by atoms with van der Waals surface area (Å²) in [5, 5.41) is 2.94. The van der Waals surface area contributed by atoms with Crippen LogP contribution < -0.4 is 10.1 Å². The van der Waals surface area contributed by atoms with Gasteiger partial charge in [-0.3, -0.25) is 0 Å². The van der Waals surface area contributed by atoms with Crippen LogP contribution in [0.1, 0.15) is 26.7 Å². The van der Waals surface area contributed by atoms with Crippen LogP contribution >= 0.6 is 0 Å². The predicted molar refractivity (Wildman–Crippen MR) is 56.6 cm³/mol. The number of aromatic nitrogens is 2. The van der Waals surface area contributed by atoms with Crippen LogP contribution in [0.4, 0.5) is 5.82 Å². The molecule has 1 aromatic heterocycles. The molecule has 1 aromatic rings. The molecule has 4 nitrogen and oxygen atoms in total. The van der Waals surface area contributed by atoms with E-state index in [4.69, 9.17) is 4.74 Å². The normalized spacial score (nSPS) is 12.2. The third kappa shape index (κ3) is 3.20. The lowest BCUT2D eigenvalue weighted by Crippen LogP contribution is -2.12. The first-order chi connectivity index (χ1) is 6.76. The lowest BCUT2D eigenvalue weighted by Gasteiger charge is -2.12. The lowest BCUT2D eigenvalue weighted by molar-refractivity contribution is 0.201. The standard InChI is InChI=1S/C10H17N3O/c1-4-5-8(2)14-10-6-9(11-3)12-7-13-10/h6-8H,4-5H2,1-3H3,(H,11,12,13). The highest BCUT2D eigenvalue weighted by molar-refractivity contribution is 5.35. The van der Waals surface area contributed by atoms with Crippen LogP contribution in [0.15, 0.2) is 12.4 Å². The molecule has 0 saturated heterocycles. The molecule has 1 rings (SSSR count). The summed E-state index contributed by atoms with van der Waals surface area (Å²) in [6.07, 6.45) is 3.86. The number of hydrogen-bond donors (Lipinski definition) is 1. The van der Waals surface area contributed by atoms with Gasteiger partial charge in [0.05, 0.1) is 6.10 Å². The average molecular weight is 195 g/mol. The largest absolute Gasteiger partial charge is 0.475 e. The van der Waals surface area contributed by atoms with Crippen molar-refractivity contribution in [2.24, 2.45) is 0 Å². The topological polar surface area (TPSA) is 47.0 Å². The molecular formula is C10H17N3O. The van der Waals surface area contributed by atoms with Gasteiger partial charge in [-0.15, -0.1) is 0 Å². The highest BCUT2D eigenvalue weighted by atomic mass is 16.5. The molecule has 0 spiro atoms. The summed E-state index contributed by atoms with van der Waals surface area (Å²) in [5.74, 6) is 1.41. The molecule has 0 amide bonds. The number of nitrogens with one attached hydrogen (secondary N) is 1. The molecule has 14 heavy (non-hydrogen) atoms. The molecule has 0 bridgehead atoms. The van der Waals surface area contributed by atoms with E-state index in [9.17, 15) is 0 Å². The fraction of sp³-hybridized carbons (Fsp3) is 0.600. The minimum atomic E-state index is 0.208. The molecular weight excluding hydrogens is 178 g/mol. The van der Waals surface area contributed by atoms with Crippen LogP contribution in [0.25, 0.3) is 0 Å². The summed E-state index contributed by atoms with van der Waals surface area (Å²) in [4.78, 5) is 8.05. The van der Waals surface area contributed by atoms with Gasteiger partial charge in [0.1, 0.15) is 12.1 Å². The van der Waals surface area contributed by atoms with Crippen LogP contribution in [0.3, 0.4) is 0 Å². The second kappa shape index (κ2) is 5.42. The number of nitrogens with zero attached hydrogens (tertiary/aromatic N) is 2. The molecule has 0 radical (unpaired) electrons. The Balaban J connectivity index is 2.57. The predicted octanol–water partition coefficient (Wildman–Crippen LogP) is 2.09. The van der Waals surface area contributed by atoms with E-state index in [1.807, 2.05) is 14.0 Å². The number of rotatable bonds is 5.